The predicted octanol–water partition coefficient (Wildman–Crippen LogP) is 3.63. The number of nitrogens with one attached hydrogen (secondary N) is 1. The van der Waals surface area contributed by atoms with E-state index in [4.69, 9.17) is 0 Å². The van der Waals surface area contributed by atoms with Crippen molar-refractivity contribution < 1.29 is 4.39 Å². The quantitative estimate of drug-likeness (QED) is 0.786. The molecular formula is C16H16FN3. The molecular weight excluding hydrogens is 253 g/mol. The maximum atomic E-state index is 13.5. The van der Waals surface area contributed by atoms with E-state index in [1.54, 1.807) is 13.0 Å². The van der Waals surface area contributed by atoms with Gasteiger partial charge in [-0.15, -0.1) is 0 Å². The van der Waals surface area contributed by atoms with Crippen molar-refractivity contribution in [3.8, 4) is 0 Å². The molecule has 0 saturated carbocycles. The molecule has 1 aromatic heterocycles. The lowest BCUT2D eigenvalue weighted by Gasteiger charge is -2.08. The molecule has 3 rings (SSSR count). The molecule has 0 unspecified atom stereocenters. The Morgan fingerprint density at radius 2 is 1.95 bits per heavy atom. The van der Waals surface area contributed by atoms with Crippen LogP contribution in [0.4, 0.5) is 10.1 Å². The molecule has 1 N–H and O–H groups in total. The Labute approximate surface area is 117 Å². The summed E-state index contributed by atoms with van der Waals surface area (Å²) in [5, 5.41) is 8.90. The van der Waals surface area contributed by atoms with E-state index in [1.165, 1.54) is 6.07 Å². The molecule has 0 aliphatic carbocycles. The molecule has 3 nitrogen and oxygen atoms in total. The molecule has 0 atom stereocenters. The summed E-state index contributed by atoms with van der Waals surface area (Å²) < 4.78 is 15.4. The standard InChI is InChI=1S/C16H16FN3/c1-11-13(17)7-5-8-14(11)18-10-15-12-6-3-4-9-16(12)20(2)19-15/h3-9,18H,10H2,1-2H3. The maximum absolute atomic E-state index is 13.5. The van der Waals surface area contributed by atoms with Crippen molar-refractivity contribution in [3.05, 3.63) is 59.5 Å². The summed E-state index contributed by atoms with van der Waals surface area (Å²) in [6.45, 7) is 2.35. The second kappa shape index (κ2) is 4.96. The molecule has 3 aromatic rings. The Morgan fingerprint density at radius 3 is 2.80 bits per heavy atom. The van der Waals surface area contributed by atoms with Crippen molar-refractivity contribution in [2.24, 2.45) is 7.05 Å². The van der Waals surface area contributed by atoms with Crippen LogP contribution in [-0.4, -0.2) is 9.78 Å². The highest BCUT2D eigenvalue weighted by Crippen LogP contribution is 2.21. The highest BCUT2D eigenvalue weighted by molar-refractivity contribution is 5.82. The third kappa shape index (κ3) is 2.13. The molecule has 0 bridgehead atoms. The van der Waals surface area contributed by atoms with E-state index in [9.17, 15) is 4.39 Å². The average Bonchev–Trinajstić information content (AvgIpc) is 2.78. The maximum Gasteiger partial charge on any atom is 0.128 e. The Bertz CT molecular complexity index is 762. The van der Waals surface area contributed by atoms with Crippen molar-refractivity contribution in [3.63, 3.8) is 0 Å². The van der Waals surface area contributed by atoms with Gasteiger partial charge in [0.2, 0.25) is 0 Å². The van der Waals surface area contributed by atoms with E-state index in [-0.39, 0.29) is 5.82 Å². The van der Waals surface area contributed by atoms with Crippen LogP contribution in [0.5, 0.6) is 0 Å². The minimum absolute atomic E-state index is 0.194. The van der Waals surface area contributed by atoms with Crippen LogP contribution in [0.25, 0.3) is 10.9 Å². The molecule has 0 amide bonds. The Morgan fingerprint density at radius 1 is 1.15 bits per heavy atom. The lowest BCUT2D eigenvalue weighted by Crippen LogP contribution is -2.03. The van der Waals surface area contributed by atoms with E-state index in [0.29, 0.717) is 12.1 Å². The van der Waals surface area contributed by atoms with Crippen LogP contribution >= 0.6 is 0 Å². The van der Waals surface area contributed by atoms with Crippen LogP contribution in [0.2, 0.25) is 0 Å². The summed E-state index contributed by atoms with van der Waals surface area (Å²) in [6.07, 6.45) is 0. The van der Waals surface area contributed by atoms with Gasteiger partial charge in [0.25, 0.3) is 0 Å². The van der Waals surface area contributed by atoms with Crippen molar-refractivity contribution in [1.82, 2.24) is 9.78 Å². The molecule has 1 heterocycles. The fraction of sp³-hybridized carbons (Fsp3) is 0.188. The molecule has 102 valence electrons. The highest BCUT2D eigenvalue weighted by atomic mass is 19.1. The molecule has 0 spiro atoms. The summed E-state index contributed by atoms with van der Waals surface area (Å²) in [5.41, 5.74) is 3.50. The first-order valence-electron chi connectivity index (χ1n) is 6.56. The van der Waals surface area contributed by atoms with Gasteiger partial charge in [-0.1, -0.05) is 24.3 Å². The molecule has 0 aliphatic rings. The lowest BCUT2D eigenvalue weighted by molar-refractivity contribution is 0.619. The number of fused-ring (bicyclic) bond motifs is 1. The zero-order chi connectivity index (χ0) is 14.1. The van der Waals surface area contributed by atoms with E-state index >= 15 is 0 Å². The zero-order valence-electron chi connectivity index (χ0n) is 11.5. The number of nitrogens with zero attached hydrogens (tertiary/aromatic N) is 2. The van der Waals surface area contributed by atoms with Crippen LogP contribution in [0.1, 0.15) is 11.3 Å². The number of rotatable bonds is 3. The van der Waals surface area contributed by atoms with Gasteiger partial charge in [-0.2, -0.15) is 5.10 Å². The third-order valence-corrected chi connectivity index (χ3v) is 3.55. The number of halogens is 1. The third-order valence-electron chi connectivity index (χ3n) is 3.55. The summed E-state index contributed by atoms with van der Waals surface area (Å²) in [6, 6.07) is 13.2. The summed E-state index contributed by atoms with van der Waals surface area (Å²) in [4.78, 5) is 0. The van der Waals surface area contributed by atoms with E-state index < -0.39 is 0 Å². The molecule has 20 heavy (non-hydrogen) atoms. The summed E-state index contributed by atoms with van der Waals surface area (Å²) >= 11 is 0. The number of anilines is 1. The number of para-hydroxylation sites is 1. The first kappa shape index (κ1) is 12.7. The summed E-state index contributed by atoms with van der Waals surface area (Å²) in [7, 11) is 1.93. The average molecular weight is 269 g/mol. The number of aromatic nitrogens is 2. The van der Waals surface area contributed by atoms with Gasteiger partial charge < -0.3 is 5.32 Å². The summed E-state index contributed by atoms with van der Waals surface area (Å²) in [5.74, 6) is -0.194. The van der Waals surface area contributed by atoms with Gasteiger partial charge in [-0.3, -0.25) is 4.68 Å². The second-order valence-corrected chi connectivity index (χ2v) is 4.85. The molecule has 2 aromatic carbocycles. The van der Waals surface area contributed by atoms with E-state index in [1.807, 2.05) is 36.0 Å². The molecule has 0 saturated heterocycles. The van der Waals surface area contributed by atoms with Gasteiger partial charge in [0.15, 0.2) is 0 Å². The van der Waals surface area contributed by atoms with Crippen LogP contribution < -0.4 is 5.32 Å². The van der Waals surface area contributed by atoms with Gasteiger partial charge in [0.05, 0.1) is 17.8 Å². The fourth-order valence-electron chi connectivity index (χ4n) is 2.40. The van der Waals surface area contributed by atoms with Crippen LogP contribution in [0.3, 0.4) is 0 Å². The molecule has 4 heteroatoms. The van der Waals surface area contributed by atoms with E-state index in [2.05, 4.69) is 16.5 Å². The Hall–Kier alpha value is -2.36. The number of hydrogen-bond donors (Lipinski definition) is 1. The van der Waals surface area contributed by atoms with Gasteiger partial charge in [0, 0.05) is 23.7 Å². The minimum Gasteiger partial charge on any atom is -0.379 e. The van der Waals surface area contributed by atoms with Crippen molar-refractivity contribution in [2.75, 3.05) is 5.32 Å². The molecule has 0 aliphatic heterocycles. The topological polar surface area (TPSA) is 29.9 Å². The van der Waals surface area contributed by atoms with Crippen molar-refractivity contribution in [2.45, 2.75) is 13.5 Å². The van der Waals surface area contributed by atoms with Crippen molar-refractivity contribution in [1.29, 1.82) is 0 Å². The fourth-order valence-corrected chi connectivity index (χ4v) is 2.40. The van der Waals surface area contributed by atoms with Gasteiger partial charge >= 0.3 is 0 Å². The minimum atomic E-state index is -0.194. The zero-order valence-corrected chi connectivity index (χ0v) is 11.5. The SMILES string of the molecule is Cc1c(F)cccc1NCc1nn(C)c2ccccc12. The first-order valence-corrected chi connectivity index (χ1v) is 6.56. The predicted molar refractivity (Wildman–Crippen MR) is 79.2 cm³/mol. The van der Waals surface area contributed by atoms with E-state index in [0.717, 1.165) is 22.3 Å². The van der Waals surface area contributed by atoms with Crippen molar-refractivity contribution >= 4 is 16.6 Å². The first-order chi connectivity index (χ1) is 9.66. The van der Waals surface area contributed by atoms with Crippen LogP contribution in [0.15, 0.2) is 42.5 Å². The van der Waals surface area contributed by atoms with Crippen LogP contribution in [0, 0.1) is 12.7 Å². The number of benzene rings is 2. The van der Waals surface area contributed by atoms with Gasteiger partial charge in [0.1, 0.15) is 5.82 Å². The highest BCUT2D eigenvalue weighted by Gasteiger charge is 2.08. The largest absolute Gasteiger partial charge is 0.379 e. The monoisotopic (exact) mass is 269 g/mol. The molecule has 0 radical (unpaired) electrons. The van der Waals surface area contributed by atoms with Gasteiger partial charge in [-0.05, 0) is 25.1 Å². The smallest absolute Gasteiger partial charge is 0.128 e. The number of hydrogen-bond acceptors (Lipinski definition) is 2. The molecule has 0 fully saturated rings. The van der Waals surface area contributed by atoms with Gasteiger partial charge in [-0.25, -0.2) is 4.39 Å². The second-order valence-electron chi connectivity index (χ2n) is 4.85. The van der Waals surface area contributed by atoms with Crippen LogP contribution in [-0.2, 0) is 13.6 Å². The normalized spacial score (nSPS) is 10.9. The lowest BCUT2D eigenvalue weighted by atomic mass is 10.1. The Kier molecular flexibility index (Phi) is 3.14. The Balaban J connectivity index is 1.89. The number of aryl methyl sites for hydroxylation is 1.